The molecule has 7 heteroatoms. The Kier molecular flexibility index (Phi) is 5.47. The SMILES string of the molecule is O=C(Nc1ccc(C(=O)N2CCCC2)cc1)c1cccc(Nc2ncccn2)c1. The Labute approximate surface area is 168 Å². The summed E-state index contributed by atoms with van der Waals surface area (Å²) >= 11 is 0. The molecule has 1 saturated heterocycles. The van der Waals surface area contributed by atoms with Crippen LogP contribution < -0.4 is 10.6 Å². The van der Waals surface area contributed by atoms with Crippen LogP contribution in [0.1, 0.15) is 33.6 Å². The van der Waals surface area contributed by atoms with Crippen LogP contribution in [0.15, 0.2) is 67.0 Å². The molecule has 1 fully saturated rings. The highest BCUT2D eigenvalue weighted by Gasteiger charge is 2.19. The van der Waals surface area contributed by atoms with E-state index in [2.05, 4.69) is 20.6 Å². The van der Waals surface area contributed by atoms with Gasteiger partial charge in [-0.1, -0.05) is 6.07 Å². The third kappa shape index (κ3) is 4.57. The first-order valence-corrected chi connectivity index (χ1v) is 9.54. The van der Waals surface area contributed by atoms with Gasteiger partial charge in [0.15, 0.2) is 0 Å². The van der Waals surface area contributed by atoms with Crippen LogP contribution in [0.4, 0.5) is 17.3 Å². The van der Waals surface area contributed by atoms with Crippen molar-refractivity contribution in [2.45, 2.75) is 12.8 Å². The second kappa shape index (κ2) is 8.52. The Bertz CT molecular complexity index is 999. The second-order valence-electron chi connectivity index (χ2n) is 6.81. The van der Waals surface area contributed by atoms with E-state index in [1.807, 2.05) is 11.0 Å². The molecule has 7 nitrogen and oxygen atoms in total. The summed E-state index contributed by atoms with van der Waals surface area (Å²) in [5.41, 5.74) is 2.50. The molecular weight excluding hydrogens is 366 g/mol. The first-order valence-electron chi connectivity index (χ1n) is 9.54. The fourth-order valence-electron chi connectivity index (χ4n) is 3.23. The lowest BCUT2D eigenvalue weighted by atomic mass is 10.1. The van der Waals surface area contributed by atoms with Gasteiger partial charge in [0.05, 0.1) is 0 Å². The summed E-state index contributed by atoms with van der Waals surface area (Å²) in [6.45, 7) is 1.63. The third-order valence-corrected chi connectivity index (χ3v) is 4.73. The summed E-state index contributed by atoms with van der Waals surface area (Å²) in [7, 11) is 0. The Morgan fingerprint density at radius 2 is 1.55 bits per heavy atom. The minimum Gasteiger partial charge on any atom is -0.339 e. The molecule has 0 spiro atoms. The quantitative estimate of drug-likeness (QED) is 0.697. The van der Waals surface area contributed by atoms with E-state index in [4.69, 9.17) is 0 Å². The molecule has 0 saturated carbocycles. The van der Waals surface area contributed by atoms with Crippen molar-refractivity contribution in [3.63, 3.8) is 0 Å². The number of carbonyl (C=O) groups is 2. The minimum absolute atomic E-state index is 0.0438. The van der Waals surface area contributed by atoms with Crippen molar-refractivity contribution in [3.8, 4) is 0 Å². The summed E-state index contributed by atoms with van der Waals surface area (Å²) in [6, 6.07) is 15.8. The van der Waals surface area contributed by atoms with Gasteiger partial charge >= 0.3 is 0 Å². The van der Waals surface area contributed by atoms with Crippen LogP contribution in [0.3, 0.4) is 0 Å². The van der Waals surface area contributed by atoms with E-state index in [0.29, 0.717) is 22.8 Å². The number of rotatable bonds is 5. The third-order valence-electron chi connectivity index (χ3n) is 4.73. The fraction of sp³-hybridized carbons (Fsp3) is 0.182. The normalized spacial score (nSPS) is 13.2. The summed E-state index contributed by atoms with van der Waals surface area (Å²) in [4.78, 5) is 35.1. The van der Waals surface area contributed by atoms with Crippen molar-refractivity contribution < 1.29 is 9.59 Å². The maximum Gasteiger partial charge on any atom is 0.255 e. The van der Waals surface area contributed by atoms with Crippen LogP contribution >= 0.6 is 0 Å². The molecule has 1 aromatic heterocycles. The van der Waals surface area contributed by atoms with Gasteiger partial charge < -0.3 is 15.5 Å². The monoisotopic (exact) mass is 387 g/mol. The van der Waals surface area contributed by atoms with Crippen molar-refractivity contribution in [1.82, 2.24) is 14.9 Å². The second-order valence-corrected chi connectivity index (χ2v) is 6.81. The van der Waals surface area contributed by atoms with Gasteiger partial charge in [-0.25, -0.2) is 9.97 Å². The van der Waals surface area contributed by atoms with Gasteiger partial charge in [-0.2, -0.15) is 0 Å². The summed E-state index contributed by atoms with van der Waals surface area (Å²) < 4.78 is 0. The molecule has 0 radical (unpaired) electrons. The molecule has 3 aromatic rings. The van der Waals surface area contributed by atoms with Gasteiger partial charge in [0.25, 0.3) is 11.8 Å². The lowest BCUT2D eigenvalue weighted by Crippen LogP contribution is -2.27. The van der Waals surface area contributed by atoms with Crippen LogP contribution in [0.2, 0.25) is 0 Å². The maximum atomic E-state index is 12.6. The molecule has 0 unspecified atom stereocenters. The molecule has 0 aliphatic carbocycles. The standard InChI is InChI=1S/C22H21N5O2/c28-20(17-5-3-6-19(15-17)26-22-23-11-4-12-24-22)25-18-9-7-16(8-10-18)21(29)27-13-1-2-14-27/h3-12,15H,1-2,13-14H2,(H,25,28)(H,23,24,26). The highest BCUT2D eigenvalue weighted by Crippen LogP contribution is 2.18. The van der Waals surface area contributed by atoms with Crippen molar-refractivity contribution in [2.24, 2.45) is 0 Å². The number of aromatic nitrogens is 2. The molecular formula is C22H21N5O2. The number of nitrogens with zero attached hydrogens (tertiary/aromatic N) is 3. The molecule has 0 atom stereocenters. The zero-order valence-electron chi connectivity index (χ0n) is 15.8. The molecule has 4 rings (SSSR count). The fourth-order valence-corrected chi connectivity index (χ4v) is 3.23. The van der Waals surface area contributed by atoms with Gasteiger partial charge in [0.1, 0.15) is 0 Å². The Morgan fingerprint density at radius 1 is 0.828 bits per heavy atom. The van der Waals surface area contributed by atoms with Crippen LogP contribution in [0, 0.1) is 0 Å². The highest BCUT2D eigenvalue weighted by atomic mass is 16.2. The molecule has 2 heterocycles. The lowest BCUT2D eigenvalue weighted by Gasteiger charge is -2.15. The minimum atomic E-state index is -0.235. The summed E-state index contributed by atoms with van der Waals surface area (Å²) in [5.74, 6) is 0.270. The average molecular weight is 387 g/mol. The lowest BCUT2D eigenvalue weighted by molar-refractivity contribution is 0.0792. The van der Waals surface area contributed by atoms with Crippen molar-refractivity contribution in [1.29, 1.82) is 0 Å². The number of hydrogen-bond acceptors (Lipinski definition) is 5. The first kappa shape index (κ1) is 18.6. The van der Waals surface area contributed by atoms with Gasteiger partial charge in [-0.3, -0.25) is 9.59 Å². The van der Waals surface area contributed by atoms with E-state index < -0.39 is 0 Å². The molecule has 146 valence electrons. The van der Waals surface area contributed by atoms with Crippen molar-refractivity contribution in [3.05, 3.63) is 78.1 Å². The number of hydrogen-bond donors (Lipinski definition) is 2. The molecule has 2 N–H and O–H groups in total. The Morgan fingerprint density at radius 3 is 2.28 bits per heavy atom. The molecule has 1 aliphatic rings. The predicted molar refractivity (Wildman–Crippen MR) is 111 cm³/mol. The van der Waals surface area contributed by atoms with Crippen LogP contribution in [0.5, 0.6) is 0 Å². The van der Waals surface area contributed by atoms with E-state index in [1.54, 1.807) is 60.9 Å². The van der Waals surface area contributed by atoms with E-state index in [-0.39, 0.29) is 11.8 Å². The van der Waals surface area contributed by atoms with Gasteiger partial charge in [-0.15, -0.1) is 0 Å². The molecule has 0 bridgehead atoms. The van der Waals surface area contributed by atoms with E-state index >= 15 is 0 Å². The maximum absolute atomic E-state index is 12.6. The van der Waals surface area contributed by atoms with Gasteiger partial charge in [0.2, 0.25) is 5.95 Å². The smallest absolute Gasteiger partial charge is 0.255 e. The van der Waals surface area contributed by atoms with Crippen molar-refractivity contribution >= 4 is 29.1 Å². The van der Waals surface area contributed by atoms with Gasteiger partial charge in [0, 0.05) is 48.0 Å². The summed E-state index contributed by atoms with van der Waals surface area (Å²) in [6.07, 6.45) is 5.41. The van der Waals surface area contributed by atoms with Crippen LogP contribution in [-0.2, 0) is 0 Å². The summed E-state index contributed by atoms with van der Waals surface area (Å²) in [5, 5.41) is 5.93. The van der Waals surface area contributed by atoms with Crippen molar-refractivity contribution in [2.75, 3.05) is 23.7 Å². The number of carbonyl (C=O) groups excluding carboxylic acids is 2. The molecule has 1 aliphatic heterocycles. The van der Waals surface area contributed by atoms with E-state index in [9.17, 15) is 9.59 Å². The topological polar surface area (TPSA) is 87.2 Å². The highest BCUT2D eigenvalue weighted by molar-refractivity contribution is 6.05. The predicted octanol–water partition coefficient (Wildman–Crippen LogP) is 3.71. The number of nitrogens with one attached hydrogen (secondary N) is 2. The number of amides is 2. The molecule has 2 aromatic carbocycles. The zero-order valence-corrected chi connectivity index (χ0v) is 15.8. The molecule has 2 amide bonds. The largest absolute Gasteiger partial charge is 0.339 e. The average Bonchev–Trinajstić information content (AvgIpc) is 3.30. The number of anilines is 3. The van der Waals surface area contributed by atoms with Gasteiger partial charge in [-0.05, 0) is 61.4 Å². The molecule has 29 heavy (non-hydrogen) atoms. The van der Waals surface area contributed by atoms with E-state index in [0.717, 1.165) is 31.6 Å². The van der Waals surface area contributed by atoms with Crippen LogP contribution in [0.25, 0.3) is 0 Å². The Balaban J connectivity index is 1.41. The van der Waals surface area contributed by atoms with Crippen LogP contribution in [-0.4, -0.2) is 39.8 Å². The number of benzene rings is 2. The zero-order chi connectivity index (χ0) is 20.1. The Hall–Kier alpha value is -3.74. The first-order chi connectivity index (χ1) is 14.2. The van der Waals surface area contributed by atoms with E-state index in [1.165, 1.54) is 0 Å². The number of likely N-dealkylation sites (tertiary alicyclic amines) is 1.